The lowest BCUT2D eigenvalue weighted by atomic mass is 10.1. The number of carbonyl (C=O) groups is 1. The fourth-order valence-corrected chi connectivity index (χ4v) is 2.70. The highest BCUT2D eigenvalue weighted by atomic mass is 16.5. The third-order valence-corrected chi connectivity index (χ3v) is 4.04. The first kappa shape index (κ1) is 18.4. The third-order valence-electron chi connectivity index (χ3n) is 4.04. The summed E-state index contributed by atoms with van der Waals surface area (Å²) in [5.74, 6) is 1.68. The summed E-state index contributed by atoms with van der Waals surface area (Å²) < 4.78 is 17.4. The van der Waals surface area contributed by atoms with Crippen molar-refractivity contribution in [2.24, 2.45) is 0 Å². The second-order valence-corrected chi connectivity index (χ2v) is 5.74. The van der Waals surface area contributed by atoms with Crippen LogP contribution in [0.2, 0.25) is 0 Å². The van der Waals surface area contributed by atoms with Crippen molar-refractivity contribution in [1.29, 1.82) is 0 Å². The first-order valence-electron chi connectivity index (χ1n) is 8.38. The van der Waals surface area contributed by atoms with E-state index in [1.54, 1.807) is 22.8 Å². The van der Waals surface area contributed by atoms with Crippen molar-refractivity contribution in [3.8, 4) is 17.2 Å². The van der Waals surface area contributed by atoms with Crippen molar-refractivity contribution in [2.45, 2.75) is 12.8 Å². The lowest BCUT2D eigenvalue weighted by Gasteiger charge is -2.14. The van der Waals surface area contributed by atoms with E-state index in [1.807, 2.05) is 6.20 Å². The molecule has 0 unspecified atom stereocenters. The Morgan fingerprint density at radius 1 is 1.11 bits per heavy atom. The van der Waals surface area contributed by atoms with Crippen LogP contribution in [0, 0.1) is 0 Å². The third kappa shape index (κ3) is 4.08. The number of methoxy groups -OCH3 is 3. The molecule has 1 aromatic carbocycles. The summed E-state index contributed by atoms with van der Waals surface area (Å²) in [6.07, 6.45) is 6.64. The molecule has 2 heterocycles. The number of nitrogens with zero attached hydrogens (tertiary/aromatic N) is 4. The molecule has 0 bridgehead atoms. The maximum absolute atomic E-state index is 12.4. The molecular formula is C18H21N5O4. The molecular weight excluding hydrogens is 350 g/mol. The van der Waals surface area contributed by atoms with Crippen LogP contribution in [0.15, 0.2) is 30.9 Å². The number of benzene rings is 1. The molecule has 1 amide bonds. The van der Waals surface area contributed by atoms with Gasteiger partial charge in [-0.3, -0.25) is 4.79 Å². The average molecular weight is 371 g/mol. The number of nitrogens with one attached hydrogen (secondary N) is 1. The molecule has 0 radical (unpaired) electrons. The van der Waals surface area contributed by atoms with Crippen molar-refractivity contribution in [3.05, 3.63) is 42.0 Å². The Bertz CT molecular complexity index is 915. The second kappa shape index (κ2) is 8.35. The number of aryl methyl sites for hydroxylation is 1. The van der Waals surface area contributed by atoms with Gasteiger partial charge in [-0.05, 0) is 30.5 Å². The van der Waals surface area contributed by atoms with Gasteiger partial charge >= 0.3 is 0 Å². The van der Waals surface area contributed by atoms with Crippen LogP contribution in [0.25, 0.3) is 5.78 Å². The van der Waals surface area contributed by atoms with Crippen LogP contribution in [0.5, 0.6) is 17.2 Å². The number of hydrogen-bond acceptors (Lipinski definition) is 7. The van der Waals surface area contributed by atoms with Gasteiger partial charge in [-0.2, -0.15) is 10.1 Å². The maximum Gasteiger partial charge on any atom is 0.252 e. The standard InChI is InChI=1S/C18H21N5O4/c1-25-14-7-13(8-15(26-2)16(14)27-3)17(24)19-6-4-5-12-9-20-18-21-11-22-23(18)10-12/h7-11H,4-6H2,1-3H3,(H,19,24). The second-order valence-electron chi connectivity index (χ2n) is 5.74. The van der Waals surface area contributed by atoms with Gasteiger partial charge in [-0.15, -0.1) is 0 Å². The van der Waals surface area contributed by atoms with Crippen LogP contribution >= 0.6 is 0 Å². The van der Waals surface area contributed by atoms with Crippen molar-refractivity contribution < 1.29 is 19.0 Å². The van der Waals surface area contributed by atoms with Crippen LogP contribution in [-0.2, 0) is 6.42 Å². The normalized spacial score (nSPS) is 10.6. The minimum Gasteiger partial charge on any atom is -0.493 e. The zero-order chi connectivity index (χ0) is 19.2. The quantitative estimate of drug-likeness (QED) is 0.599. The van der Waals surface area contributed by atoms with E-state index < -0.39 is 0 Å². The van der Waals surface area contributed by atoms with Crippen LogP contribution < -0.4 is 19.5 Å². The van der Waals surface area contributed by atoms with Crippen molar-refractivity contribution >= 4 is 11.7 Å². The minimum atomic E-state index is -0.209. The molecule has 0 saturated heterocycles. The van der Waals surface area contributed by atoms with E-state index in [1.165, 1.54) is 27.7 Å². The molecule has 3 aromatic rings. The van der Waals surface area contributed by atoms with E-state index in [9.17, 15) is 4.79 Å². The van der Waals surface area contributed by atoms with Crippen LogP contribution in [0.3, 0.4) is 0 Å². The highest BCUT2D eigenvalue weighted by Gasteiger charge is 2.16. The Hall–Kier alpha value is -3.36. The largest absolute Gasteiger partial charge is 0.493 e. The molecule has 0 aliphatic rings. The predicted octanol–water partition coefficient (Wildman–Crippen LogP) is 1.51. The number of ether oxygens (including phenoxy) is 3. The van der Waals surface area contributed by atoms with Gasteiger partial charge in [0.05, 0.1) is 21.3 Å². The van der Waals surface area contributed by atoms with E-state index >= 15 is 0 Å². The molecule has 2 aromatic heterocycles. The molecule has 0 spiro atoms. The van der Waals surface area contributed by atoms with Gasteiger partial charge in [-0.25, -0.2) is 9.50 Å². The molecule has 9 heteroatoms. The van der Waals surface area contributed by atoms with Gasteiger partial charge in [0.2, 0.25) is 5.75 Å². The summed E-state index contributed by atoms with van der Waals surface area (Å²) in [6.45, 7) is 0.519. The zero-order valence-electron chi connectivity index (χ0n) is 15.4. The van der Waals surface area contributed by atoms with Gasteiger partial charge < -0.3 is 19.5 Å². The Labute approximate surface area is 156 Å². The molecule has 27 heavy (non-hydrogen) atoms. The molecule has 0 aliphatic carbocycles. The maximum atomic E-state index is 12.4. The number of rotatable bonds is 8. The summed E-state index contributed by atoms with van der Waals surface area (Å²) in [7, 11) is 4.55. The van der Waals surface area contributed by atoms with E-state index in [4.69, 9.17) is 14.2 Å². The first-order chi connectivity index (χ1) is 13.2. The monoisotopic (exact) mass is 371 g/mol. The molecule has 142 valence electrons. The summed E-state index contributed by atoms with van der Waals surface area (Å²) >= 11 is 0. The Balaban J connectivity index is 1.58. The minimum absolute atomic E-state index is 0.209. The van der Waals surface area contributed by atoms with Crippen molar-refractivity contribution in [2.75, 3.05) is 27.9 Å². The number of carbonyl (C=O) groups excluding carboxylic acids is 1. The van der Waals surface area contributed by atoms with Gasteiger partial charge in [0.1, 0.15) is 6.33 Å². The lowest BCUT2D eigenvalue weighted by Crippen LogP contribution is -2.25. The molecule has 1 N–H and O–H groups in total. The SMILES string of the molecule is COc1cc(C(=O)NCCCc2cnc3ncnn3c2)cc(OC)c1OC. The van der Waals surface area contributed by atoms with Crippen molar-refractivity contribution in [1.82, 2.24) is 24.9 Å². The van der Waals surface area contributed by atoms with Gasteiger partial charge in [0.15, 0.2) is 11.5 Å². The lowest BCUT2D eigenvalue weighted by molar-refractivity contribution is 0.0952. The number of fused-ring (bicyclic) bond motifs is 1. The molecule has 0 aliphatic heterocycles. The summed E-state index contributed by atoms with van der Waals surface area (Å²) in [6, 6.07) is 3.25. The van der Waals surface area contributed by atoms with Crippen LogP contribution in [-0.4, -0.2) is 53.4 Å². The Morgan fingerprint density at radius 2 is 1.85 bits per heavy atom. The average Bonchev–Trinajstić information content (AvgIpc) is 3.17. The highest BCUT2D eigenvalue weighted by molar-refractivity contribution is 5.95. The molecule has 0 saturated carbocycles. The topological polar surface area (TPSA) is 99.9 Å². The van der Waals surface area contributed by atoms with Gasteiger partial charge in [-0.1, -0.05) is 0 Å². The molecule has 3 rings (SSSR count). The first-order valence-corrected chi connectivity index (χ1v) is 8.38. The Morgan fingerprint density at radius 3 is 2.52 bits per heavy atom. The van der Waals surface area contributed by atoms with Crippen LogP contribution in [0.4, 0.5) is 0 Å². The molecule has 0 atom stereocenters. The molecule has 0 fully saturated rings. The van der Waals surface area contributed by atoms with E-state index in [0.717, 1.165) is 18.4 Å². The zero-order valence-corrected chi connectivity index (χ0v) is 15.4. The van der Waals surface area contributed by atoms with Crippen molar-refractivity contribution in [3.63, 3.8) is 0 Å². The fraction of sp³-hybridized carbons (Fsp3) is 0.333. The van der Waals surface area contributed by atoms with E-state index in [2.05, 4.69) is 20.4 Å². The smallest absolute Gasteiger partial charge is 0.252 e. The van der Waals surface area contributed by atoms with Gasteiger partial charge in [0, 0.05) is 24.5 Å². The van der Waals surface area contributed by atoms with E-state index in [-0.39, 0.29) is 5.91 Å². The van der Waals surface area contributed by atoms with Crippen LogP contribution in [0.1, 0.15) is 22.3 Å². The summed E-state index contributed by atoms with van der Waals surface area (Å²) in [4.78, 5) is 20.7. The predicted molar refractivity (Wildman–Crippen MR) is 97.5 cm³/mol. The molecule has 9 nitrogen and oxygen atoms in total. The number of hydrogen-bond donors (Lipinski definition) is 1. The summed E-state index contributed by atoms with van der Waals surface area (Å²) in [5.41, 5.74) is 1.46. The number of amides is 1. The number of aromatic nitrogens is 4. The Kier molecular flexibility index (Phi) is 5.70. The fourth-order valence-electron chi connectivity index (χ4n) is 2.70. The highest BCUT2D eigenvalue weighted by Crippen LogP contribution is 2.38. The van der Waals surface area contributed by atoms with Gasteiger partial charge in [0.25, 0.3) is 11.7 Å². The summed E-state index contributed by atoms with van der Waals surface area (Å²) in [5, 5.41) is 6.96. The van der Waals surface area contributed by atoms with E-state index in [0.29, 0.717) is 35.1 Å².